The van der Waals surface area contributed by atoms with Gasteiger partial charge in [0.2, 0.25) is 10.0 Å². The number of sulfonamides is 1. The van der Waals surface area contributed by atoms with Gasteiger partial charge >= 0.3 is 0 Å². The average molecular weight is 377 g/mol. The minimum absolute atomic E-state index is 0.00795. The van der Waals surface area contributed by atoms with Gasteiger partial charge in [-0.3, -0.25) is 4.79 Å². The molecule has 0 aliphatic heterocycles. The van der Waals surface area contributed by atoms with Crippen molar-refractivity contribution in [2.45, 2.75) is 30.7 Å². The van der Waals surface area contributed by atoms with E-state index in [-0.39, 0.29) is 20.5 Å². The molecule has 0 fully saturated rings. The van der Waals surface area contributed by atoms with Crippen molar-refractivity contribution < 1.29 is 13.2 Å². The van der Waals surface area contributed by atoms with E-state index in [1.807, 2.05) is 6.92 Å². The van der Waals surface area contributed by atoms with Gasteiger partial charge in [0.1, 0.15) is 4.90 Å². The molecule has 126 valence electrons. The van der Waals surface area contributed by atoms with Gasteiger partial charge in [-0.15, -0.1) is 6.42 Å². The molecule has 0 saturated carbocycles. The summed E-state index contributed by atoms with van der Waals surface area (Å²) < 4.78 is 25.5. The minimum atomic E-state index is -3.81. The number of nitrogens with one attached hydrogen (secondary N) is 1. The molecule has 1 aromatic carbocycles. The van der Waals surface area contributed by atoms with Gasteiger partial charge < -0.3 is 5.32 Å². The van der Waals surface area contributed by atoms with Crippen molar-refractivity contribution in [1.29, 1.82) is 0 Å². The molecule has 1 N–H and O–H groups in total. The lowest BCUT2D eigenvalue weighted by molar-refractivity contribution is 0.0923. The summed E-state index contributed by atoms with van der Waals surface area (Å²) in [6.07, 6.45) is 5.93. The number of rotatable bonds is 5. The zero-order chi connectivity index (χ0) is 18.0. The Morgan fingerprint density at radius 2 is 1.91 bits per heavy atom. The number of carbonyl (C=O) groups is 1. The van der Waals surface area contributed by atoms with E-state index in [2.05, 4.69) is 11.2 Å². The number of hydrogen-bond donors (Lipinski definition) is 1. The van der Waals surface area contributed by atoms with E-state index < -0.39 is 21.5 Å². The lowest BCUT2D eigenvalue weighted by Crippen LogP contribution is -2.44. The lowest BCUT2D eigenvalue weighted by Gasteiger charge is -2.24. The Balaban J connectivity index is 3.40. The average Bonchev–Trinajstić information content (AvgIpc) is 2.46. The van der Waals surface area contributed by atoms with Crippen LogP contribution in [-0.2, 0) is 10.0 Å². The van der Waals surface area contributed by atoms with Crippen molar-refractivity contribution in [3.8, 4) is 12.3 Å². The van der Waals surface area contributed by atoms with Crippen LogP contribution in [0.25, 0.3) is 0 Å². The van der Waals surface area contributed by atoms with Gasteiger partial charge in [-0.05, 0) is 25.5 Å². The van der Waals surface area contributed by atoms with Crippen LogP contribution in [0.2, 0.25) is 10.0 Å². The van der Waals surface area contributed by atoms with Gasteiger partial charge in [0.05, 0.1) is 21.1 Å². The highest BCUT2D eigenvalue weighted by molar-refractivity contribution is 7.89. The summed E-state index contributed by atoms with van der Waals surface area (Å²) in [5.41, 5.74) is -0.868. The Labute approximate surface area is 147 Å². The van der Waals surface area contributed by atoms with Crippen molar-refractivity contribution in [3.63, 3.8) is 0 Å². The van der Waals surface area contributed by atoms with Gasteiger partial charge in [0, 0.05) is 14.1 Å². The van der Waals surface area contributed by atoms with E-state index in [0.29, 0.717) is 6.42 Å². The molecule has 0 spiro atoms. The van der Waals surface area contributed by atoms with E-state index in [1.54, 1.807) is 6.92 Å². The maximum atomic E-state index is 12.4. The molecule has 23 heavy (non-hydrogen) atoms. The first kappa shape index (κ1) is 19.8. The van der Waals surface area contributed by atoms with E-state index in [9.17, 15) is 13.2 Å². The van der Waals surface area contributed by atoms with Crippen LogP contribution in [0.3, 0.4) is 0 Å². The molecule has 0 aliphatic carbocycles. The van der Waals surface area contributed by atoms with Crippen LogP contribution in [0.1, 0.15) is 30.6 Å². The summed E-state index contributed by atoms with van der Waals surface area (Å²) in [5, 5.41) is 2.65. The molecule has 0 heterocycles. The second-order valence-corrected chi connectivity index (χ2v) is 8.27. The van der Waals surface area contributed by atoms with E-state index in [4.69, 9.17) is 29.6 Å². The van der Waals surface area contributed by atoms with E-state index in [1.165, 1.54) is 20.2 Å². The molecule has 0 bridgehead atoms. The van der Waals surface area contributed by atoms with Crippen molar-refractivity contribution in [2.75, 3.05) is 14.1 Å². The van der Waals surface area contributed by atoms with Crippen LogP contribution in [0, 0.1) is 12.3 Å². The molecular weight excluding hydrogens is 359 g/mol. The van der Waals surface area contributed by atoms with Crippen LogP contribution < -0.4 is 5.32 Å². The van der Waals surface area contributed by atoms with Gasteiger partial charge in [0.25, 0.3) is 5.91 Å². The molecule has 1 rings (SSSR count). The highest BCUT2D eigenvalue weighted by Crippen LogP contribution is 2.30. The predicted octanol–water partition coefficient (Wildman–Crippen LogP) is 2.78. The van der Waals surface area contributed by atoms with Crippen LogP contribution in [0.15, 0.2) is 17.0 Å². The Hall–Kier alpha value is -1.26. The lowest BCUT2D eigenvalue weighted by atomic mass is 9.99. The Morgan fingerprint density at radius 1 is 1.35 bits per heavy atom. The quantitative estimate of drug-likeness (QED) is 0.803. The number of benzene rings is 1. The van der Waals surface area contributed by atoms with Crippen molar-refractivity contribution in [2.24, 2.45) is 0 Å². The number of nitrogens with zero attached hydrogens (tertiary/aromatic N) is 1. The molecule has 1 atom stereocenters. The second-order valence-electron chi connectivity index (χ2n) is 5.33. The van der Waals surface area contributed by atoms with E-state index >= 15 is 0 Å². The monoisotopic (exact) mass is 376 g/mol. The van der Waals surface area contributed by atoms with Crippen molar-refractivity contribution in [3.05, 3.63) is 27.7 Å². The Bertz CT molecular complexity index is 770. The first-order valence-electron chi connectivity index (χ1n) is 6.70. The SMILES string of the molecule is C#C[C@](C)(CC)NC(=O)c1cc(S(=O)(=O)N(C)C)c(Cl)cc1Cl. The molecule has 0 saturated heterocycles. The summed E-state index contributed by atoms with van der Waals surface area (Å²) in [7, 11) is -1.08. The fraction of sp³-hybridized carbons (Fsp3) is 0.400. The highest BCUT2D eigenvalue weighted by Gasteiger charge is 2.27. The molecule has 0 aliphatic rings. The topological polar surface area (TPSA) is 66.5 Å². The maximum Gasteiger partial charge on any atom is 0.254 e. The fourth-order valence-corrected chi connectivity index (χ4v) is 3.37. The zero-order valence-corrected chi connectivity index (χ0v) is 15.6. The van der Waals surface area contributed by atoms with Gasteiger partial charge in [0.15, 0.2) is 0 Å². The summed E-state index contributed by atoms with van der Waals surface area (Å²) >= 11 is 12.0. The second kappa shape index (κ2) is 7.10. The third kappa shape index (κ3) is 4.18. The third-order valence-electron chi connectivity index (χ3n) is 3.44. The smallest absolute Gasteiger partial charge is 0.254 e. The summed E-state index contributed by atoms with van der Waals surface area (Å²) in [4.78, 5) is 12.2. The normalized spacial score (nSPS) is 14.2. The third-order valence-corrected chi connectivity index (χ3v) is 6.03. The number of terminal acetylenes is 1. The van der Waals surface area contributed by atoms with Gasteiger partial charge in [-0.2, -0.15) is 0 Å². The predicted molar refractivity (Wildman–Crippen MR) is 92.3 cm³/mol. The number of halogens is 2. The molecule has 5 nitrogen and oxygen atoms in total. The maximum absolute atomic E-state index is 12.4. The number of amides is 1. The van der Waals surface area contributed by atoms with Gasteiger partial charge in [-0.1, -0.05) is 36.0 Å². The Morgan fingerprint density at radius 3 is 2.35 bits per heavy atom. The molecular formula is C15H18Cl2N2O3S. The van der Waals surface area contributed by atoms with Crippen LogP contribution >= 0.6 is 23.2 Å². The number of hydrogen-bond acceptors (Lipinski definition) is 3. The molecule has 1 aromatic rings. The van der Waals surface area contributed by atoms with Crippen LogP contribution in [-0.4, -0.2) is 38.3 Å². The molecule has 0 radical (unpaired) electrons. The Kier molecular flexibility index (Phi) is 6.11. The summed E-state index contributed by atoms with van der Waals surface area (Å²) in [6, 6.07) is 2.38. The largest absolute Gasteiger partial charge is 0.336 e. The van der Waals surface area contributed by atoms with Gasteiger partial charge in [-0.25, -0.2) is 12.7 Å². The first-order valence-corrected chi connectivity index (χ1v) is 8.90. The van der Waals surface area contributed by atoms with Crippen molar-refractivity contribution >= 4 is 39.1 Å². The highest BCUT2D eigenvalue weighted by atomic mass is 35.5. The molecule has 0 aromatic heterocycles. The molecule has 8 heteroatoms. The molecule has 0 unspecified atom stereocenters. The van der Waals surface area contributed by atoms with Crippen LogP contribution in [0.5, 0.6) is 0 Å². The summed E-state index contributed by atoms with van der Waals surface area (Å²) in [5.74, 6) is 1.93. The van der Waals surface area contributed by atoms with Crippen LogP contribution in [0.4, 0.5) is 0 Å². The van der Waals surface area contributed by atoms with Crippen molar-refractivity contribution in [1.82, 2.24) is 9.62 Å². The van der Waals surface area contributed by atoms with E-state index in [0.717, 1.165) is 10.4 Å². The summed E-state index contributed by atoms with van der Waals surface area (Å²) in [6.45, 7) is 3.51. The zero-order valence-electron chi connectivity index (χ0n) is 13.3. The molecule has 1 amide bonds. The first-order chi connectivity index (χ1) is 10.5. The minimum Gasteiger partial charge on any atom is -0.336 e. The standard InChI is InChI=1S/C15H18Cl2N2O3S/c1-6-15(3,7-2)18-14(20)10-8-13(12(17)9-11(10)16)23(21,22)19(4)5/h1,8-9H,7H2,2-5H3,(H,18,20)/t15-/m1/s1. The number of carbonyl (C=O) groups excluding carboxylic acids is 1. The fourth-order valence-electron chi connectivity index (χ4n) is 1.64.